The highest BCUT2D eigenvalue weighted by molar-refractivity contribution is 5.98. The summed E-state index contributed by atoms with van der Waals surface area (Å²) in [6.45, 7) is -0.358. The molecule has 7 heteroatoms. The Hall–Kier alpha value is -3.74. The van der Waals surface area contributed by atoms with Gasteiger partial charge >= 0.3 is 5.97 Å². The molecule has 4 rings (SSSR count). The Morgan fingerprint density at radius 1 is 1.07 bits per heavy atom. The third-order valence-electron chi connectivity index (χ3n) is 4.28. The van der Waals surface area contributed by atoms with Crippen molar-refractivity contribution < 1.29 is 14.3 Å². The largest absolute Gasteiger partial charge is 0.453 e. The molecule has 134 valence electrons. The van der Waals surface area contributed by atoms with Crippen LogP contribution in [0.1, 0.15) is 21.0 Å². The number of hydrogen-bond donors (Lipinski definition) is 1. The van der Waals surface area contributed by atoms with Gasteiger partial charge in [-0.1, -0.05) is 36.4 Å². The molecule has 0 fully saturated rings. The average molecular weight is 360 g/mol. The highest BCUT2D eigenvalue weighted by Crippen LogP contribution is 2.23. The van der Waals surface area contributed by atoms with Crippen molar-refractivity contribution in [3.63, 3.8) is 0 Å². The Morgan fingerprint density at radius 2 is 1.89 bits per heavy atom. The number of aromatic nitrogens is 4. The first-order valence-corrected chi connectivity index (χ1v) is 8.35. The summed E-state index contributed by atoms with van der Waals surface area (Å²) in [6, 6.07) is 17.1. The number of ether oxygens (including phenoxy) is 1. The van der Waals surface area contributed by atoms with E-state index in [2.05, 4.69) is 15.3 Å². The third-order valence-corrected chi connectivity index (χ3v) is 4.28. The molecule has 7 nitrogen and oxygen atoms in total. The van der Waals surface area contributed by atoms with Gasteiger partial charge in [0.15, 0.2) is 6.61 Å². The summed E-state index contributed by atoms with van der Waals surface area (Å²) in [5, 5.41) is 13.0. The predicted octanol–water partition coefficient (Wildman–Crippen LogP) is 3.00. The van der Waals surface area contributed by atoms with Gasteiger partial charge in [0.2, 0.25) is 5.78 Å². The minimum atomic E-state index is -0.634. The summed E-state index contributed by atoms with van der Waals surface area (Å²) in [7, 11) is 1.65. The van der Waals surface area contributed by atoms with Crippen molar-refractivity contribution in [2.75, 3.05) is 6.61 Å². The maximum absolute atomic E-state index is 12.2. The second-order valence-corrected chi connectivity index (χ2v) is 6.07. The Labute approximate surface area is 154 Å². The number of hydrogen-bond acceptors (Lipinski definition) is 5. The van der Waals surface area contributed by atoms with Gasteiger partial charge < -0.3 is 4.74 Å². The molecule has 0 radical (unpaired) electrons. The molecule has 0 aliphatic rings. The van der Waals surface area contributed by atoms with Crippen molar-refractivity contribution in [2.24, 2.45) is 7.05 Å². The maximum atomic E-state index is 12.2. The van der Waals surface area contributed by atoms with Gasteiger partial charge in [0.05, 0.1) is 5.69 Å². The van der Waals surface area contributed by atoms with Gasteiger partial charge in [0.25, 0.3) is 0 Å². The Bertz CT molecular complexity index is 1140. The van der Waals surface area contributed by atoms with Gasteiger partial charge in [-0.05, 0) is 29.0 Å². The van der Waals surface area contributed by atoms with E-state index < -0.39 is 5.97 Å². The summed E-state index contributed by atoms with van der Waals surface area (Å²) in [5.74, 6) is -0.956. The van der Waals surface area contributed by atoms with E-state index in [-0.39, 0.29) is 18.1 Å². The fraction of sp³-hybridized carbons (Fsp3) is 0.100. The molecule has 4 aromatic rings. The molecule has 0 saturated heterocycles. The van der Waals surface area contributed by atoms with E-state index in [4.69, 9.17) is 4.74 Å². The number of fused-ring (bicyclic) bond motifs is 1. The molecule has 0 aliphatic heterocycles. The Morgan fingerprint density at radius 3 is 2.67 bits per heavy atom. The van der Waals surface area contributed by atoms with Crippen molar-refractivity contribution in [1.29, 1.82) is 0 Å². The van der Waals surface area contributed by atoms with Crippen LogP contribution >= 0.6 is 0 Å². The first-order valence-electron chi connectivity index (χ1n) is 8.35. The predicted molar refractivity (Wildman–Crippen MR) is 99.4 cm³/mol. The number of aryl methyl sites for hydroxylation is 1. The van der Waals surface area contributed by atoms with E-state index in [1.807, 2.05) is 42.5 Å². The summed E-state index contributed by atoms with van der Waals surface area (Å²) >= 11 is 0. The van der Waals surface area contributed by atoms with Gasteiger partial charge in [0.1, 0.15) is 11.4 Å². The number of carbonyl (C=O) groups is 2. The number of nitrogens with zero attached hydrogens (tertiary/aromatic N) is 3. The van der Waals surface area contributed by atoms with Crippen LogP contribution in [0.2, 0.25) is 0 Å². The Kier molecular flexibility index (Phi) is 4.25. The standard InChI is InChI=1S/C20H16N4O3/c1-24-18(8-9-21-24)19(25)12-27-20(26)17-11-16(22-23-17)15-7-6-13-4-2-3-5-14(13)10-15/h2-11H,12H2,1H3,(H,22,23). The average Bonchev–Trinajstić information content (AvgIpc) is 3.35. The normalized spacial score (nSPS) is 10.9. The lowest BCUT2D eigenvalue weighted by Crippen LogP contribution is -2.17. The molecule has 0 aliphatic carbocycles. The van der Waals surface area contributed by atoms with Crippen LogP contribution in [0.3, 0.4) is 0 Å². The zero-order valence-corrected chi connectivity index (χ0v) is 14.5. The summed E-state index contributed by atoms with van der Waals surface area (Å²) in [6.07, 6.45) is 1.51. The maximum Gasteiger partial charge on any atom is 0.356 e. The van der Waals surface area contributed by atoms with Gasteiger partial charge in [-0.2, -0.15) is 10.2 Å². The third kappa shape index (κ3) is 3.35. The van der Waals surface area contributed by atoms with Gasteiger partial charge in [0, 0.05) is 18.8 Å². The fourth-order valence-corrected chi connectivity index (χ4v) is 2.85. The molecule has 0 unspecified atom stereocenters. The zero-order chi connectivity index (χ0) is 18.8. The van der Waals surface area contributed by atoms with Crippen LogP contribution in [0, 0.1) is 0 Å². The van der Waals surface area contributed by atoms with E-state index in [1.165, 1.54) is 10.9 Å². The van der Waals surface area contributed by atoms with Crippen LogP contribution in [0.5, 0.6) is 0 Å². The molecule has 2 aromatic carbocycles. The van der Waals surface area contributed by atoms with Crippen LogP contribution in [0.4, 0.5) is 0 Å². The van der Waals surface area contributed by atoms with Crippen LogP contribution < -0.4 is 0 Å². The minimum absolute atomic E-state index is 0.191. The molecule has 0 amide bonds. The fourth-order valence-electron chi connectivity index (χ4n) is 2.85. The van der Waals surface area contributed by atoms with Crippen LogP contribution in [-0.4, -0.2) is 38.3 Å². The molecule has 1 N–H and O–H groups in total. The first-order chi connectivity index (χ1) is 13.1. The number of aromatic amines is 1. The summed E-state index contributed by atoms with van der Waals surface area (Å²) < 4.78 is 6.52. The van der Waals surface area contributed by atoms with E-state index in [1.54, 1.807) is 19.2 Å². The quantitative estimate of drug-likeness (QED) is 0.436. The molecular weight excluding hydrogens is 344 g/mol. The van der Waals surface area contributed by atoms with E-state index in [0.29, 0.717) is 11.4 Å². The van der Waals surface area contributed by atoms with Crippen LogP contribution in [0.25, 0.3) is 22.0 Å². The van der Waals surface area contributed by atoms with Crippen molar-refractivity contribution in [3.05, 3.63) is 72.2 Å². The lowest BCUT2D eigenvalue weighted by molar-refractivity contribution is 0.0466. The van der Waals surface area contributed by atoms with Gasteiger partial charge in [-0.3, -0.25) is 14.6 Å². The molecule has 2 aromatic heterocycles. The van der Waals surface area contributed by atoms with E-state index in [9.17, 15) is 9.59 Å². The van der Waals surface area contributed by atoms with E-state index >= 15 is 0 Å². The number of ketones is 1. The second kappa shape index (κ2) is 6.87. The number of nitrogens with one attached hydrogen (secondary N) is 1. The molecule has 0 spiro atoms. The van der Waals surface area contributed by atoms with Crippen LogP contribution in [-0.2, 0) is 11.8 Å². The lowest BCUT2D eigenvalue weighted by atomic mass is 10.1. The van der Waals surface area contributed by atoms with Crippen molar-refractivity contribution in [3.8, 4) is 11.3 Å². The number of Topliss-reactive ketones (excluding diaryl/α,β-unsaturated/α-hetero) is 1. The van der Waals surface area contributed by atoms with Crippen molar-refractivity contribution in [1.82, 2.24) is 20.0 Å². The molecule has 0 atom stereocenters. The molecule has 0 bridgehead atoms. The molecule has 2 heterocycles. The minimum Gasteiger partial charge on any atom is -0.453 e. The van der Waals surface area contributed by atoms with Crippen molar-refractivity contribution in [2.45, 2.75) is 0 Å². The number of H-pyrrole nitrogens is 1. The lowest BCUT2D eigenvalue weighted by Gasteiger charge is -2.03. The number of rotatable bonds is 5. The topological polar surface area (TPSA) is 89.9 Å². The number of esters is 1. The highest BCUT2D eigenvalue weighted by atomic mass is 16.5. The molecular formula is C20H16N4O3. The summed E-state index contributed by atoms with van der Waals surface area (Å²) in [5.41, 5.74) is 2.08. The monoisotopic (exact) mass is 360 g/mol. The first kappa shape index (κ1) is 16.7. The molecule has 27 heavy (non-hydrogen) atoms. The van der Waals surface area contributed by atoms with Gasteiger partial charge in [-0.25, -0.2) is 4.79 Å². The second-order valence-electron chi connectivity index (χ2n) is 6.07. The summed E-state index contributed by atoms with van der Waals surface area (Å²) in [4.78, 5) is 24.2. The Balaban J connectivity index is 1.47. The van der Waals surface area contributed by atoms with E-state index in [0.717, 1.165) is 16.3 Å². The van der Waals surface area contributed by atoms with Crippen LogP contribution in [0.15, 0.2) is 60.8 Å². The highest BCUT2D eigenvalue weighted by Gasteiger charge is 2.16. The number of carbonyl (C=O) groups excluding carboxylic acids is 2. The number of benzene rings is 2. The zero-order valence-electron chi connectivity index (χ0n) is 14.5. The van der Waals surface area contributed by atoms with Crippen molar-refractivity contribution >= 4 is 22.5 Å². The SMILES string of the molecule is Cn1nccc1C(=O)COC(=O)c1cc(-c2ccc3ccccc3c2)n[nH]1. The smallest absolute Gasteiger partial charge is 0.356 e. The van der Waals surface area contributed by atoms with Gasteiger partial charge in [-0.15, -0.1) is 0 Å². The molecule has 0 saturated carbocycles.